The number of ether oxygens (including phenoxy) is 1. The number of hydrogen-bond acceptors (Lipinski definition) is 4. The van der Waals surface area contributed by atoms with Gasteiger partial charge in [-0.2, -0.15) is 5.10 Å². The van der Waals surface area contributed by atoms with Crippen LogP contribution in [0, 0.1) is 12.8 Å². The molecule has 1 saturated heterocycles. The quantitative estimate of drug-likeness (QED) is 0.873. The molecule has 0 aliphatic carbocycles. The minimum absolute atomic E-state index is 0.116. The highest BCUT2D eigenvalue weighted by molar-refractivity contribution is 7.20. The number of hydrogen-bond donors (Lipinski definition) is 0. The highest BCUT2D eigenvalue weighted by Gasteiger charge is 2.25. The minimum atomic E-state index is 0.116. The first kappa shape index (κ1) is 15.5. The molecule has 1 amide bonds. The standard InChI is InChI=1S/C16H23N3O2S/c1-10(2)8-19-16-13(12(4)17-19)7-14(22-16)15(20)18-5-6-21-11(3)9-18/h7,10-11H,5-6,8-9H2,1-4H3/t11-/m1/s1. The van der Waals surface area contributed by atoms with Gasteiger partial charge in [-0.05, 0) is 25.8 Å². The van der Waals surface area contributed by atoms with Crippen molar-refractivity contribution in [2.75, 3.05) is 19.7 Å². The summed E-state index contributed by atoms with van der Waals surface area (Å²) in [6.07, 6.45) is 0.116. The zero-order chi connectivity index (χ0) is 15.9. The summed E-state index contributed by atoms with van der Waals surface area (Å²) in [6, 6.07) is 2.00. The summed E-state index contributed by atoms with van der Waals surface area (Å²) in [4.78, 5) is 16.5. The number of amides is 1. The number of thiophene rings is 1. The maximum absolute atomic E-state index is 12.7. The van der Waals surface area contributed by atoms with Crippen molar-refractivity contribution in [1.82, 2.24) is 14.7 Å². The Bertz CT molecular complexity index is 689. The third-order valence-corrected chi connectivity index (χ3v) is 5.02. The maximum Gasteiger partial charge on any atom is 0.264 e. The van der Waals surface area contributed by atoms with Gasteiger partial charge >= 0.3 is 0 Å². The fraction of sp³-hybridized carbons (Fsp3) is 0.625. The lowest BCUT2D eigenvalue weighted by Gasteiger charge is -2.30. The van der Waals surface area contributed by atoms with Crippen LogP contribution in [0.2, 0.25) is 0 Å². The van der Waals surface area contributed by atoms with Gasteiger partial charge in [-0.1, -0.05) is 13.8 Å². The van der Waals surface area contributed by atoms with Crippen molar-refractivity contribution >= 4 is 27.5 Å². The van der Waals surface area contributed by atoms with E-state index in [0.29, 0.717) is 25.6 Å². The molecule has 0 N–H and O–H groups in total. The molecule has 1 atom stereocenters. The highest BCUT2D eigenvalue weighted by Crippen LogP contribution is 2.30. The van der Waals surface area contributed by atoms with Crippen LogP contribution in [-0.2, 0) is 11.3 Å². The minimum Gasteiger partial charge on any atom is -0.375 e. The van der Waals surface area contributed by atoms with E-state index >= 15 is 0 Å². The Labute approximate surface area is 134 Å². The number of carbonyl (C=O) groups is 1. The summed E-state index contributed by atoms with van der Waals surface area (Å²) in [7, 11) is 0. The Kier molecular flexibility index (Phi) is 4.23. The highest BCUT2D eigenvalue weighted by atomic mass is 32.1. The number of carbonyl (C=O) groups excluding carboxylic acids is 1. The van der Waals surface area contributed by atoms with Crippen molar-refractivity contribution in [3.63, 3.8) is 0 Å². The van der Waals surface area contributed by atoms with Gasteiger partial charge in [0.2, 0.25) is 0 Å². The van der Waals surface area contributed by atoms with Crippen LogP contribution in [0.15, 0.2) is 6.07 Å². The van der Waals surface area contributed by atoms with Crippen molar-refractivity contribution in [1.29, 1.82) is 0 Å². The summed E-state index contributed by atoms with van der Waals surface area (Å²) < 4.78 is 7.56. The van der Waals surface area contributed by atoms with E-state index in [1.54, 1.807) is 11.3 Å². The molecule has 3 rings (SSSR count). The van der Waals surface area contributed by atoms with Crippen LogP contribution in [0.25, 0.3) is 10.2 Å². The van der Waals surface area contributed by atoms with E-state index in [2.05, 4.69) is 18.9 Å². The largest absolute Gasteiger partial charge is 0.375 e. The van der Waals surface area contributed by atoms with Gasteiger partial charge in [0.25, 0.3) is 5.91 Å². The third kappa shape index (κ3) is 2.90. The molecule has 22 heavy (non-hydrogen) atoms. The smallest absolute Gasteiger partial charge is 0.264 e. The van der Waals surface area contributed by atoms with E-state index in [4.69, 9.17) is 4.74 Å². The van der Waals surface area contributed by atoms with E-state index in [-0.39, 0.29) is 12.0 Å². The van der Waals surface area contributed by atoms with Gasteiger partial charge in [0.15, 0.2) is 0 Å². The summed E-state index contributed by atoms with van der Waals surface area (Å²) in [5.74, 6) is 0.649. The Hall–Kier alpha value is -1.40. The van der Waals surface area contributed by atoms with Crippen molar-refractivity contribution < 1.29 is 9.53 Å². The zero-order valence-corrected chi connectivity index (χ0v) is 14.4. The van der Waals surface area contributed by atoms with E-state index in [1.165, 1.54) is 0 Å². The summed E-state index contributed by atoms with van der Waals surface area (Å²) in [5, 5.41) is 5.70. The van der Waals surface area contributed by atoms with Gasteiger partial charge in [0.05, 0.1) is 23.3 Å². The van der Waals surface area contributed by atoms with Crippen molar-refractivity contribution in [2.45, 2.75) is 40.3 Å². The Balaban J connectivity index is 1.89. The number of nitrogens with zero attached hydrogens (tertiary/aromatic N) is 3. The lowest BCUT2D eigenvalue weighted by molar-refractivity contribution is -0.0122. The first-order chi connectivity index (χ1) is 10.5. The molecular formula is C16H23N3O2S. The number of morpholine rings is 1. The molecule has 5 nitrogen and oxygen atoms in total. The molecule has 0 unspecified atom stereocenters. The Morgan fingerprint density at radius 3 is 3.00 bits per heavy atom. The second kappa shape index (κ2) is 6.01. The first-order valence-electron chi connectivity index (χ1n) is 7.83. The molecule has 1 aliphatic heterocycles. The average Bonchev–Trinajstić information content (AvgIpc) is 3.00. The normalized spacial score (nSPS) is 19.3. The van der Waals surface area contributed by atoms with E-state index in [1.807, 2.05) is 29.5 Å². The van der Waals surface area contributed by atoms with Crippen LogP contribution in [0.1, 0.15) is 36.1 Å². The fourth-order valence-corrected chi connectivity index (χ4v) is 3.99. The van der Waals surface area contributed by atoms with Crippen LogP contribution in [0.4, 0.5) is 0 Å². The molecule has 1 aliphatic rings. The van der Waals surface area contributed by atoms with Crippen molar-refractivity contribution in [3.8, 4) is 0 Å². The molecule has 6 heteroatoms. The topological polar surface area (TPSA) is 47.4 Å². The zero-order valence-electron chi connectivity index (χ0n) is 13.6. The van der Waals surface area contributed by atoms with Crippen LogP contribution in [0.3, 0.4) is 0 Å². The van der Waals surface area contributed by atoms with Crippen LogP contribution >= 0.6 is 11.3 Å². The Morgan fingerprint density at radius 2 is 2.32 bits per heavy atom. The first-order valence-corrected chi connectivity index (χ1v) is 8.65. The van der Waals surface area contributed by atoms with Gasteiger partial charge in [-0.25, -0.2) is 0 Å². The van der Waals surface area contributed by atoms with Gasteiger partial charge in [-0.3, -0.25) is 9.48 Å². The number of rotatable bonds is 3. The second-order valence-electron chi connectivity index (χ2n) is 6.42. The van der Waals surface area contributed by atoms with E-state index in [9.17, 15) is 4.79 Å². The van der Waals surface area contributed by atoms with Gasteiger partial charge < -0.3 is 9.64 Å². The van der Waals surface area contributed by atoms with E-state index in [0.717, 1.165) is 27.3 Å². The van der Waals surface area contributed by atoms with E-state index < -0.39 is 0 Å². The summed E-state index contributed by atoms with van der Waals surface area (Å²) in [5.41, 5.74) is 1.00. The molecule has 2 aromatic rings. The molecular weight excluding hydrogens is 298 g/mol. The molecule has 1 fully saturated rings. The van der Waals surface area contributed by atoms with Gasteiger partial charge in [0, 0.05) is 25.0 Å². The fourth-order valence-electron chi connectivity index (χ4n) is 2.85. The lowest BCUT2D eigenvalue weighted by atomic mass is 10.2. The predicted octanol–water partition coefficient (Wildman–Crippen LogP) is 2.92. The molecule has 0 radical (unpaired) electrons. The Morgan fingerprint density at radius 1 is 1.55 bits per heavy atom. The number of aromatic nitrogens is 2. The van der Waals surface area contributed by atoms with Crippen molar-refractivity contribution in [2.24, 2.45) is 5.92 Å². The molecule has 0 bridgehead atoms. The predicted molar refractivity (Wildman–Crippen MR) is 88.5 cm³/mol. The molecule has 120 valence electrons. The monoisotopic (exact) mass is 321 g/mol. The lowest BCUT2D eigenvalue weighted by Crippen LogP contribution is -2.44. The average molecular weight is 321 g/mol. The number of fused-ring (bicyclic) bond motifs is 1. The van der Waals surface area contributed by atoms with Crippen LogP contribution in [0.5, 0.6) is 0 Å². The van der Waals surface area contributed by atoms with Gasteiger partial charge in [0.1, 0.15) is 4.83 Å². The summed E-state index contributed by atoms with van der Waals surface area (Å²) >= 11 is 1.56. The van der Waals surface area contributed by atoms with Crippen LogP contribution in [-0.4, -0.2) is 46.4 Å². The molecule has 2 aromatic heterocycles. The summed E-state index contributed by atoms with van der Waals surface area (Å²) in [6.45, 7) is 11.2. The third-order valence-electron chi connectivity index (χ3n) is 3.88. The molecule has 0 aromatic carbocycles. The van der Waals surface area contributed by atoms with Gasteiger partial charge in [-0.15, -0.1) is 11.3 Å². The molecule has 0 saturated carbocycles. The SMILES string of the molecule is Cc1nn(CC(C)C)c2sc(C(=O)N3CCO[C@H](C)C3)cc12. The second-order valence-corrected chi connectivity index (χ2v) is 7.45. The van der Waals surface area contributed by atoms with Crippen LogP contribution < -0.4 is 0 Å². The maximum atomic E-state index is 12.7. The van der Waals surface area contributed by atoms with Crippen molar-refractivity contribution in [3.05, 3.63) is 16.6 Å². The number of aryl methyl sites for hydroxylation is 1. The molecule has 0 spiro atoms. The molecule has 3 heterocycles.